The molecule has 23 heavy (non-hydrogen) atoms. The van der Waals surface area contributed by atoms with E-state index in [-0.39, 0.29) is 23.7 Å². The van der Waals surface area contributed by atoms with Gasteiger partial charge in [0.15, 0.2) is 0 Å². The van der Waals surface area contributed by atoms with E-state index in [9.17, 15) is 14.0 Å². The zero-order chi connectivity index (χ0) is 17.4. The Morgan fingerprint density at radius 3 is 2.39 bits per heavy atom. The molecule has 1 aromatic carbocycles. The molecule has 0 aliphatic rings. The average molecular weight is 321 g/mol. The predicted octanol–water partition coefficient (Wildman–Crippen LogP) is 3.28. The molecule has 0 aliphatic carbocycles. The minimum atomic E-state index is -0.392. The van der Waals surface area contributed by atoms with Crippen molar-refractivity contribution < 1.29 is 18.7 Å². The highest BCUT2D eigenvalue weighted by Crippen LogP contribution is 2.12. The predicted molar refractivity (Wildman–Crippen MR) is 88.1 cm³/mol. The second-order valence-electron chi connectivity index (χ2n) is 5.56. The van der Waals surface area contributed by atoms with Gasteiger partial charge in [0.05, 0.1) is 13.0 Å². The fraction of sp³-hybridized carbons (Fsp3) is 0.444. The first-order chi connectivity index (χ1) is 10.9. The van der Waals surface area contributed by atoms with E-state index in [4.69, 9.17) is 4.74 Å². The maximum absolute atomic E-state index is 12.9. The molecule has 1 aromatic rings. The summed E-state index contributed by atoms with van der Waals surface area (Å²) in [6.45, 7) is 5.96. The molecule has 0 aromatic heterocycles. The maximum Gasteiger partial charge on any atom is 0.310 e. The lowest BCUT2D eigenvalue weighted by Gasteiger charge is -2.29. The van der Waals surface area contributed by atoms with Crippen LogP contribution >= 0.6 is 0 Å². The van der Waals surface area contributed by atoms with Crippen LogP contribution in [0.3, 0.4) is 0 Å². The van der Waals surface area contributed by atoms with E-state index in [1.54, 1.807) is 30.0 Å². The molecule has 5 heteroatoms. The van der Waals surface area contributed by atoms with Crippen LogP contribution in [-0.4, -0.2) is 36.5 Å². The zero-order valence-electron chi connectivity index (χ0n) is 14.1. The molecule has 0 saturated carbocycles. The zero-order valence-corrected chi connectivity index (χ0v) is 14.1. The number of rotatable bonds is 7. The number of amides is 1. The van der Waals surface area contributed by atoms with E-state index in [0.29, 0.717) is 6.54 Å². The number of esters is 1. The van der Waals surface area contributed by atoms with E-state index in [1.807, 2.05) is 13.8 Å². The number of carbonyl (C=O) groups is 2. The Hall–Kier alpha value is -2.17. The summed E-state index contributed by atoms with van der Waals surface area (Å²) in [5.74, 6) is -1.23. The Kier molecular flexibility index (Phi) is 7.45. The maximum atomic E-state index is 12.9. The standard InChI is InChI=1S/C18H24FNO3/c1-5-14(3)20(12-13(2)18(22)23-4)17(21)11-8-15-6-9-16(19)10-7-15/h6-11,13-14H,5,12H2,1-4H3/b11-8+. The lowest BCUT2D eigenvalue weighted by Crippen LogP contribution is -2.42. The third-order valence-corrected chi connectivity index (χ3v) is 3.77. The fourth-order valence-corrected chi connectivity index (χ4v) is 2.12. The summed E-state index contributed by atoms with van der Waals surface area (Å²) in [6, 6.07) is 5.90. The normalized spacial score (nSPS) is 13.6. The topological polar surface area (TPSA) is 46.6 Å². The van der Waals surface area contributed by atoms with Crippen LogP contribution < -0.4 is 0 Å². The van der Waals surface area contributed by atoms with Gasteiger partial charge in [0, 0.05) is 18.7 Å². The van der Waals surface area contributed by atoms with Crippen LogP contribution in [-0.2, 0) is 14.3 Å². The van der Waals surface area contributed by atoms with Crippen LogP contribution in [0.15, 0.2) is 30.3 Å². The molecule has 2 atom stereocenters. The molecule has 1 amide bonds. The average Bonchev–Trinajstić information content (AvgIpc) is 2.57. The van der Waals surface area contributed by atoms with Gasteiger partial charge in [-0.25, -0.2) is 4.39 Å². The van der Waals surface area contributed by atoms with Gasteiger partial charge < -0.3 is 9.64 Å². The summed E-state index contributed by atoms with van der Waals surface area (Å²) in [5, 5.41) is 0. The van der Waals surface area contributed by atoms with Crippen molar-refractivity contribution in [3.8, 4) is 0 Å². The molecule has 4 nitrogen and oxygen atoms in total. The van der Waals surface area contributed by atoms with Gasteiger partial charge in [-0.15, -0.1) is 0 Å². The molecule has 0 saturated heterocycles. The second kappa shape index (κ2) is 9.08. The second-order valence-corrected chi connectivity index (χ2v) is 5.56. The number of benzene rings is 1. The minimum absolute atomic E-state index is 0.00692. The summed E-state index contributed by atoms with van der Waals surface area (Å²) in [5.41, 5.74) is 0.741. The molecule has 2 unspecified atom stereocenters. The lowest BCUT2D eigenvalue weighted by atomic mass is 10.1. The monoisotopic (exact) mass is 321 g/mol. The summed E-state index contributed by atoms with van der Waals surface area (Å²) < 4.78 is 17.6. The van der Waals surface area contributed by atoms with Crippen LogP contribution in [0.5, 0.6) is 0 Å². The quantitative estimate of drug-likeness (QED) is 0.572. The van der Waals surface area contributed by atoms with Crippen molar-refractivity contribution in [2.45, 2.75) is 33.2 Å². The number of hydrogen-bond donors (Lipinski definition) is 0. The van der Waals surface area contributed by atoms with Crippen molar-refractivity contribution in [2.24, 2.45) is 5.92 Å². The molecule has 0 heterocycles. The van der Waals surface area contributed by atoms with Gasteiger partial charge in [0.25, 0.3) is 0 Å². The summed E-state index contributed by atoms with van der Waals surface area (Å²) in [4.78, 5) is 25.7. The SMILES string of the molecule is CCC(C)N(CC(C)C(=O)OC)C(=O)/C=C/c1ccc(F)cc1. The van der Waals surface area contributed by atoms with Gasteiger partial charge in [-0.3, -0.25) is 9.59 Å². The van der Waals surface area contributed by atoms with Crippen LogP contribution in [0, 0.1) is 11.7 Å². The molecule has 1 rings (SSSR count). The van der Waals surface area contributed by atoms with Crippen molar-refractivity contribution in [1.82, 2.24) is 4.90 Å². The summed E-state index contributed by atoms with van der Waals surface area (Å²) >= 11 is 0. The van der Waals surface area contributed by atoms with Crippen molar-refractivity contribution in [3.05, 3.63) is 41.7 Å². The number of methoxy groups -OCH3 is 1. The van der Waals surface area contributed by atoms with Crippen molar-refractivity contribution >= 4 is 18.0 Å². The van der Waals surface area contributed by atoms with Crippen molar-refractivity contribution in [3.63, 3.8) is 0 Å². The van der Waals surface area contributed by atoms with E-state index in [0.717, 1.165) is 12.0 Å². The number of nitrogens with zero attached hydrogens (tertiary/aromatic N) is 1. The molecular formula is C18H24FNO3. The van der Waals surface area contributed by atoms with E-state index < -0.39 is 5.92 Å². The Balaban J connectivity index is 2.83. The highest BCUT2D eigenvalue weighted by Gasteiger charge is 2.23. The minimum Gasteiger partial charge on any atom is -0.469 e. The Morgan fingerprint density at radius 1 is 1.26 bits per heavy atom. The molecule has 0 bridgehead atoms. The van der Waals surface area contributed by atoms with E-state index >= 15 is 0 Å². The third kappa shape index (κ3) is 5.85. The number of carbonyl (C=O) groups excluding carboxylic acids is 2. The van der Waals surface area contributed by atoms with Gasteiger partial charge >= 0.3 is 5.97 Å². The highest BCUT2D eigenvalue weighted by atomic mass is 19.1. The Bertz CT molecular complexity index is 554. The molecular weight excluding hydrogens is 297 g/mol. The lowest BCUT2D eigenvalue weighted by molar-refractivity contribution is -0.146. The number of hydrogen-bond acceptors (Lipinski definition) is 3. The first-order valence-electron chi connectivity index (χ1n) is 7.71. The molecule has 0 N–H and O–H groups in total. The molecule has 0 aliphatic heterocycles. The van der Waals surface area contributed by atoms with Gasteiger partial charge in [0.2, 0.25) is 5.91 Å². The molecule has 0 radical (unpaired) electrons. The van der Waals surface area contributed by atoms with Gasteiger partial charge in [-0.1, -0.05) is 26.0 Å². The Labute approximate surface area is 136 Å². The highest BCUT2D eigenvalue weighted by molar-refractivity contribution is 5.92. The van der Waals surface area contributed by atoms with Crippen molar-refractivity contribution in [1.29, 1.82) is 0 Å². The number of halogens is 1. The number of ether oxygens (including phenoxy) is 1. The van der Waals surface area contributed by atoms with Gasteiger partial charge in [0.1, 0.15) is 5.82 Å². The van der Waals surface area contributed by atoms with Crippen LogP contribution in [0.25, 0.3) is 6.08 Å². The Morgan fingerprint density at radius 2 is 1.87 bits per heavy atom. The van der Waals surface area contributed by atoms with Crippen LogP contribution in [0.4, 0.5) is 4.39 Å². The van der Waals surface area contributed by atoms with Gasteiger partial charge in [-0.2, -0.15) is 0 Å². The summed E-state index contributed by atoms with van der Waals surface area (Å²) in [7, 11) is 1.34. The first kappa shape index (κ1) is 18.9. The third-order valence-electron chi connectivity index (χ3n) is 3.77. The molecule has 126 valence electrons. The smallest absolute Gasteiger partial charge is 0.310 e. The summed E-state index contributed by atoms with van der Waals surface area (Å²) in [6.07, 6.45) is 3.87. The van der Waals surface area contributed by atoms with Crippen molar-refractivity contribution in [2.75, 3.05) is 13.7 Å². The van der Waals surface area contributed by atoms with Crippen LogP contribution in [0.2, 0.25) is 0 Å². The molecule has 0 fully saturated rings. The fourth-order valence-electron chi connectivity index (χ4n) is 2.12. The van der Waals surface area contributed by atoms with E-state index in [2.05, 4.69) is 0 Å². The van der Waals surface area contributed by atoms with Gasteiger partial charge in [-0.05, 0) is 37.1 Å². The molecule has 0 spiro atoms. The van der Waals surface area contributed by atoms with Crippen LogP contribution in [0.1, 0.15) is 32.8 Å². The first-order valence-corrected chi connectivity index (χ1v) is 7.71. The largest absolute Gasteiger partial charge is 0.469 e. The van der Waals surface area contributed by atoms with E-state index in [1.165, 1.54) is 25.3 Å².